The predicted octanol–water partition coefficient (Wildman–Crippen LogP) is -2.76. The standard InChI is InChI=1S/C28H38I3N7O14/c29-23-21(27(51)32-1-7-39)24(30)26(25(31)22(23)28(52)33-2-8-40)35-15(41)9-34-16(42)10-36(3-5-37(11-17(43)44)12-18(45)46)4-6-38(13-19(47)48)14-20(49)50/h39-40H,1-14H2,(H,32,51)(H,33,52)(H,34,42)(H,35,41)(H,43,44)(H,45,46)(H,47,48)(H,49,50). The van der Waals surface area contributed by atoms with Gasteiger partial charge >= 0.3 is 23.9 Å². The van der Waals surface area contributed by atoms with E-state index < -0.39 is 86.8 Å². The topological polar surface area (TPSA) is 316 Å². The minimum atomic E-state index is -1.31. The van der Waals surface area contributed by atoms with E-state index in [1.165, 1.54) is 4.90 Å². The van der Waals surface area contributed by atoms with Gasteiger partial charge in [-0.3, -0.25) is 53.1 Å². The van der Waals surface area contributed by atoms with Crippen LogP contribution in [0.25, 0.3) is 0 Å². The molecule has 0 spiro atoms. The van der Waals surface area contributed by atoms with Crippen molar-refractivity contribution in [3.8, 4) is 0 Å². The summed E-state index contributed by atoms with van der Waals surface area (Å²) in [6.07, 6.45) is 0. The molecular weight excluding hydrogens is 1040 g/mol. The van der Waals surface area contributed by atoms with E-state index in [0.717, 1.165) is 9.80 Å². The molecule has 0 radical (unpaired) electrons. The zero-order valence-corrected chi connectivity index (χ0v) is 33.8. The van der Waals surface area contributed by atoms with Crippen LogP contribution in [0.2, 0.25) is 0 Å². The van der Waals surface area contributed by atoms with Gasteiger partial charge in [-0.2, -0.15) is 0 Å². The van der Waals surface area contributed by atoms with Gasteiger partial charge in [0.25, 0.3) is 11.8 Å². The van der Waals surface area contributed by atoms with Gasteiger partial charge in [-0.1, -0.05) is 0 Å². The van der Waals surface area contributed by atoms with Crippen molar-refractivity contribution in [1.82, 2.24) is 30.7 Å². The molecule has 10 N–H and O–H groups in total. The van der Waals surface area contributed by atoms with Crippen molar-refractivity contribution in [3.63, 3.8) is 0 Å². The SMILES string of the molecule is O=C(O)CN(CCN(CCN(CC(=O)O)CC(=O)O)CC(=O)NCC(=O)Nc1c(I)c(C(=O)NCCO)c(I)c(C(=O)NCCO)c1I)CC(=O)O. The fourth-order valence-corrected chi connectivity index (χ4v) is 8.75. The second kappa shape index (κ2) is 24.3. The number of rotatable bonds is 25. The minimum Gasteiger partial charge on any atom is -0.480 e. The fraction of sp³-hybridized carbons (Fsp3) is 0.500. The summed E-state index contributed by atoms with van der Waals surface area (Å²) in [6.45, 7) is -5.04. The number of hydrogen-bond donors (Lipinski definition) is 10. The number of carboxylic acids is 4. The predicted molar refractivity (Wildman–Crippen MR) is 205 cm³/mol. The third kappa shape index (κ3) is 17.2. The quantitative estimate of drug-likeness (QED) is 0.0444. The van der Waals surface area contributed by atoms with E-state index in [1.807, 2.05) is 45.2 Å². The largest absolute Gasteiger partial charge is 0.480 e. The molecule has 0 atom stereocenters. The number of carboxylic acid groups (broad SMARTS) is 4. The molecular formula is C28H38I3N7O14. The Bertz CT molecular complexity index is 1380. The number of carbonyl (C=O) groups excluding carboxylic acids is 4. The molecule has 290 valence electrons. The van der Waals surface area contributed by atoms with Crippen LogP contribution < -0.4 is 21.3 Å². The lowest BCUT2D eigenvalue weighted by atomic mass is 10.1. The number of carbonyl (C=O) groups is 8. The maximum atomic E-state index is 13.1. The summed E-state index contributed by atoms with van der Waals surface area (Å²) < 4.78 is 0.719. The van der Waals surface area contributed by atoms with Gasteiger partial charge in [-0.05, 0) is 67.8 Å². The van der Waals surface area contributed by atoms with Crippen LogP contribution in [0, 0.1) is 10.7 Å². The second-order valence-electron chi connectivity index (χ2n) is 10.6. The van der Waals surface area contributed by atoms with Crippen LogP contribution in [0.5, 0.6) is 0 Å². The van der Waals surface area contributed by atoms with Crippen LogP contribution in [-0.2, 0) is 28.8 Å². The number of amides is 4. The molecule has 0 aliphatic rings. The average Bonchev–Trinajstić information content (AvgIpc) is 3.03. The second-order valence-corrected chi connectivity index (χ2v) is 13.9. The van der Waals surface area contributed by atoms with E-state index >= 15 is 0 Å². The van der Waals surface area contributed by atoms with Crippen molar-refractivity contribution in [3.05, 3.63) is 21.8 Å². The maximum Gasteiger partial charge on any atom is 0.317 e. The summed E-state index contributed by atoms with van der Waals surface area (Å²) in [7, 11) is 0. The van der Waals surface area contributed by atoms with E-state index in [2.05, 4.69) is 21.3 Å². The summed E-state index contributed by atoms with van der Waals surface area (Å²) in [4.78, 5) is 101. The van der Waals surface area contributed by atoms with Crippen molar-refractivity contribution in [2.45, 2.75) is 0 Å². The summed E-state index contributed by atoms with van der Waals surface area (Å²) in [6, 6.07) is 0. The van der Waals surface area contributed by atoms with E-state index in [9.17, 15) is 38.4 Å². The van der Waals surface area contributed by atoms with E-state index in [4.69, 9.17) is 30.6 Å². The first-order chi connectivity index (χ1) is 24.4. The number of aliphatic carboxylic acids is 4. The van der Waals surface area contributed by atoms with Crippen molar-refractivity contribution in [1.29, 1.82) is 0 Å². The van der Waals surface area contributed by atoms with E-state index in [1.54, 1.807) is 22.6 Å². The van der Waals surface area contributed by atoms with Crippen LogP contribution in [0.3, 0.4) is 0 Å². The molecule has 4 amide bonds. The molecule has 0 aromatic heterocycles. The number of aliphatic hydroxyl groups excluding tert-OH is 2. The molecule has 1 rings (SSSR count). The fourth-order valence-electron chi connectivity index (χ4n) is 4.34. The Balaban J connectivity index is 3.23. The lowest BCUT2D eigenvalue weighted by Gasteiger charge is -2.28. The van der Waals surface area contributed by atoms with Crippen molar-refractivity contribution >= 4 is 121 Å². The maximum absolute atomic E-state index is 13.1. The number of halogens is 3. The summed E-state index contributed by atoms with van der Waals surface area (Å²) in [5.41, 5.74) is 0.123. The van der Waals surface area contributed by atoms with Gasteiger partial charge < -0.3 is 51.9 Å². The number of nitrogens with zero attached hydrogens (tertiary/aromatic N) is 3. The molecule has 0 heterocycles. The third-order valence-corrected chi connectivity index (χ3v) is 9.78. The summed E-state index contributed by atoms with van der Waals surface area (Å²) in [5.74, 6) is -8.02. The summed E-state index contributed by atoms with van der Waals surface area (Å²) >= 11 is 5.42. The van der Waals surface area contributed by atoms with Gasteiger partial charge in [0.2, 0.25) is 11.8 Å². The van der Waals surface area contributed by atoms with Crippen LogP contribution in [0.1, 0.15) is 20.7 Å². The molecule has 1 aromatic rings. The Morgan fingerprint density at radius 3 is 1.21 bits per heavy atom. The van der Waals surface area contributed by atoms with Crippen molar-refractivity contribution in [2.24, 2.45) is 0 Å². The number of aliphatic hydroxyl groups is 2. The Kier molecular flexibility index (Phi) is 22.0. The van der Waals surface area contributed by atoms with E-state index in [0.29, 0.717) is 0 Å². The monoisotopic (exact) mass is 1080 g/mol. The Labute approximate surface area is 337 Å². The van der Waals surface area contributed by atoms with Gasteiger partial charge in [0.05, 0.1) is 76.4 Å². The molecule has 0 aliphatic heterocycles. The highest BCUT2D eigenvalue weighted by Gasteiger charge is 2.29. The average molecular weight is 1080 g/mol. The molecule has 0 unspecified atom stereocenters. The van der Waals surface area contributed by atoms with Crippen LogP contribution in [0.4, 0.5) is 5.69 Å². The Hall–Kier alpha value is -3.03. The zero-order chi connectivity index (χ0) is 39.5. The van der Waals surface area contributed by atoms with Gasteiger partial charge in [0.15, 0.2) is 0 Å². The first-order valence-electron chi connectivity index (χ1n) is 15.0. The number of nitrogens with one attached hydrogen (secondary N) is 4. The molecule has 0 aliphatic carbocycles. The van der Waals surface area contributed by atoms with Gasteiger partial charge in [-0.25, -0.2) is 0 Å². The van der Waals surface area contributed by atoms with Crippen LogP contribution >= 0.6 is 67.8 Å². The Morgan fingerprint density at radius 2 is 0.865 bits per heavy atom. The number of anilines is 1. The lowest BCUT2D eigenvalue weighted by Crippen LogP contribution is -2.47. The Morgan fingerprint density at radius 1 is 0.500 bits per heavy atom. The summed E-state index contributed by atoms with van der Waals surface area (Å²) in [5, 5.41) is 64.9. The highest BCUT2D eigenvalue weighted by molar-refractivity contribution is 14.1. The molecule has 1 aromatic carbocycles. The third-order valence-electron chi connectivity index (χ3n) is 6.54. The minimum absolute atomic E-state index is 0.0267. The van der Waals surface area contributed by atoms with E-state index in [-0.39, 0.29) is 80.0 Å². The normalized spacial score (nSPS) is 11.0. The molecule has 52 heavy (non-hydrogen) atoms. The first-order valence-corrected chi connectivity index (χ1v) is 18.2. The van der Waals surface area contributed by atoms with Gasteiger partial charge in [0.1, 0.15) is 0 Å². The lowest BCUT2D eigenvalue weighted by molar-refractivity contribution is -0.143. The number of hydrogen-bond acceptors (Lipinski definition) is 13. The van der Waals surface area contributed by atoms with Crippen molar-refractivity contribution in [2.75, 3.05) is 97.1 Å². The zero-order valence-electron chi connectivity index (χ0n) is 27.3. The van der Waals surface area contributed by atoms with Gasteiger partial charge in [-0.15, -0.1) is 0 Å². The van der Waals surface area contributed by atoms with Crippen LogP contribution in [-0.4, -0.2) is 185 Å². The van der Waals surface area contributed by atoms with Crippen molar-refractivity contribution < 1.29 is 69.0 Å². The first kappa shape index (κ1) is 47.0. The smallest absolute Gasteiger partial charge is 0.317 e. The molecule has 0 saturated heterocycles. The number of benzene rings is 1. The highest BCUT2D eigenvalue weighted by atomic mass is 127. The molecule has 0 saturated carbocycles. The highest BCUT2D eigenvalue weighted by Crippen LogP contribution is 2.35. The van der Waals surface area contributed by atoms with Crippen LogP contribution in [0.15, 0.2) is 0 Å². The molecule has 21 nitrogen and oxygen atoms in total. The van der Waals surface area contributed by atoms with Gasteiger partial charge in [0, 0.05) is 42.8 Å². The molecule has 0 bridgehead atoms. The molecule has 0 fully saturated rings. The molecule has 24 heteroatoms.